The largest absolute Gasteiger partial charge is 0.379 e. The summed E-state index contributed by atoms with van der Waals surface area (Å²) in [5.41, 5.74) is 0. The van der Waals surface area contributed by atoms with Crippen molar-refractivity contribution in [3.63, 3.8) is 0 Å². The summed E-state index contributed by atoms with van der Waals surface area (Å²) in [7, 11) is 0. The number of nitrogens with zero attached hydrogens (tertiary/aromatic N) is 1. The highest BCUT2D eigenvalue weighted by Gasteiger charge is 2.08. The van der Waals surface area contributed by atoms with E-state index < -0.39 is 0 Å². The fraction of sp³-hybridized carbons (Fsp3) is 1.00. The first-order chi connectivity index (χ1) is 8.43. The van der Waals surface area contributed by atoms with E-state index in [0.29, 0.717) is 0 Å². The molecule has 1 aliphatic heterocycles. The van der Waals surface area contributed by atoms with Crippen molar-refractivity contribution in [3.8, 4) is 0 Å². The van der Waals surface area contributed by atoms with Crippen LogP contribution in [-0.2, 0) is 14.2 Å². The first kappa shape index (κ1) is 14.9. The summed E-state index contributed by atoms with van der Waals surface area (Å²) in [5, 5.41) is 0. The second-order valence-corrected chi connectivity index (χ2v) is 4.39. The van der Waals surface area contributed by atoms with Gasteiger partial charge in [0.25, 0.3) is 0 Å². The lowest BCUT2D eigenvalue weighted by Gasteiger charge is -2.26. The van der Waals surface area contributed by atoms with Gasteiger partial charge in [0, 0.05) is 32.8 Å². The van der Waals surface area contributed by atoms with Gasteiger partial charge in [0.15, 0.2) is 0 Å². The molecule has 0 radical (unpaired) electrons. The quantitative estimate of drug-likeness (QED) is 0.546. The van der Waals surface area contributed by atoms with Crippen LogP contribution < -0.4 is 0 Å². The molecule has 0 atom stereocenters. The molecule has 0 aromatic heterocycles. The summed E-state index contributed by atoms with van der Waals surface area (Å²) in [4.78, 5) is 2.44. The number of hydrogen-bond acceptors (Lipinski definition) is 4. The molecule has 1 rings (SSSR count). The van der Waals surface area contributed by atoms with Crippen LogP contribution in [0.4, 0.5) is 0 Å². The third kappa shape index (κ3) is 8.55. The second-order valence-electron chi connectivity index (χ2n) is 4.39. The molecule has 17 heavy (non-hydrogen) atoms. The van der Waals surface area contributed by atoms with Crippen LogP contribution in [0.5, 0.6) is 0 Å². The summed E-state index contributed by atoms with van der Waals surface area (Å²) in [6.07, 6.45) is 3.45. The minimum Gasteiger partial charge on any atom is -0.379 e. The maximum Gasteiger partial charge on any atom is 0.0700 e. The van der Waals surface area contributed by atoms with Crippen LogP contribution in [0.15, 0.2) is 0 Å². The summed E-state index contributed by atoms with van der Waals surface area (Å²) in [5.74, 6) is 0. The number of hydrogen-bond donors (Lipinski definition) is 0. The average molecular weight is 245 g/mol. The van der Waals surface area contributed by atoms with Crippen molar-refractivity contribution >= 4 is 0 Å². The zero-order valence-corrected chi connectivity index (χ0v) is 11.2. The molecule has 1 fully saturated rings. The lowest BCUT2D eigenvalue weighted by atomic mass is 10.3. The summed E-state index contributed by atoms with van der Waals surface area (Å²) < 4.78 is 16.2. The van der Waals surface area contributed by atoms with E-state index in [-0.39, 0.29) is 0 Å². The van der Waals surface area contributed by atoms with E-state index >= 15 is 0 Å². The van der Waals surface area contributed by atoms with Gasteiger partial charge in [-0.2, -0.15) is 0 Å². The third-order valence-corrected chi connectivity index (χ3v) is 2.88. The molecule has 0 aromatic carbocycles. The van der Waals surface area contributed by atoms with Gasteiger partial charge in [-0.25, -0.2) is 0 Å². The SMILES string of the molecule is CCCCOCCOCCCN1CCOCC1. The van der Waals surface area contributed by atoms with Crippen molar-refractivity contribution < 1.29 is 14.2 Å². The van der Waals surface area contributed by atoms with Crippen molar-refractivity contribution in [1.29, 1.82) is 0 Å². The topological polar surface area (TPSA) is 30.9 Å². The van der Waals surface area contributed by atoms with Crippen molar-refractivity contribution in [2.45, 2.75) is 26.2 Å². The van der Waals surface area contributed by atoms with Crippen molar-refractivity contribution in [2.24, 2.45) is 0 Å². The fourth-order valence-electron chi connectivity index (χ4n) is 1.78. The molecule has 0 aromatic rings. The Morgan fingerprint density at radius 2 is 1.59 bits per heavy atom. The molecule has 4 heteroatoms. The first-order valence-corrected chi connectivity index (χ1v) is 6.89. The molecule has 0 saturated carbocycles. The van der Waals surface area contributed by atoms with Gasteiger partial charge >= 0.3 is 0 Å². The lowest BCUT2D eigenvalue weighted by Crippen LogP contribution is -2.37. The highest BCUT2D eigenvalue weighted by molar-refractivity contribution is 4.61. The molecule has 0 amide bonds. The molecular formula is C13H27NO3. The van der Waals surface area contributed by atoms with Crippen molar-refractivity contribution in [3.05, 3.63) is 0 Å². The van der Waals surface area contributed by atoms with E-state index in [2.05, 4.69) is 11.8 Å². The summed E-state index contributed by atoms with van der Waals surface area (Å²) in [6, 6.07) is 0. The Bertz CT molecular complexity index is 161. The highest BCUT2D eigenvalue weighted by atomic mass is 16.5. The Morgan fingerprint density at radius 1 is 0.941 bits per heavy atom. The van der Waals surface area contributed by atoms with E-state index in [1.807, 2.05) is 0 Å². The minimum atomic E-state index is 0.729. The maximum atomic E-state index is 5.52. The summed E-state index contributed by atoms with van der Waals surface area (Å²) in [6.45, 7) is 10.4. The Kier molecular flexibility index (Phi) is 9.61. The monoisotopic (exact) mass is 245 g/mol. The van der Waals surface area contributed by atoms with Crippen LogP contribution in [-0.4, -0.2) is 64.2 Å². The third-order valence-electron chi connectivity index (χ3n) is 2.88. The molecule has 0 bridgehead atoms. The molecule has 0 N–H and O–H groups in total. The first-order valence-electron chi connectivity index (χ1n) is 6.89. The van der Waals surface area contributed by atoms with Crippen LogP contribution in [0.25, 0.3) is 0 Å². The number of unbranched alkanes of at least 4 members (excludes halogenated alkanes) is 1. The number of rotatable bonds is 10. The molecule has 4 nitrogen and oxygen atoms in total. The van der Waals surface area contributed by atoms with Gasteiger partial charge in [-0.05, 0) is 12.8 Å². The molecule has 1 aliphatic rings. The van der Waals surface area contributed by atoms with Gasteiger partial charge < -0.3 is 14.2 Å². The van der Waals surface area contributed by atoms with Gasteiger partial charge in [0.2, 0.25) is 0 Å². The van der Waals surface area contributed by atoms with Crippen LogP contribution in [0.1, 0.15) is 26.2 Å². The van der Waals surface area contributed by atoms with Crippen LogP contribution >= 0.6 is 0 Å². The number of morpholine rings is 1. The second kappa shape index (κ2) is 11.0. The zero-order valence-electron chi connectivity index (χ0n) is 11.2. The fourth-order valence-corrected chi connectivity index (χ4v) is 1.78. The molecule has 0 aliphatic carbocycles. The standard InChI is InChI=1S/C13H27NO3/c1-2-3-8-15-12-13-16-9-4-5-14-6-10-17-11-7-14/h2-13H2,1H3. The van der Waals surface area contributed by atoms with E-state index in [4.69, 9.17) is 14.2 Å². The molecule has 1 saturated heterocycles. The van der Waals surface area contributed by atoms with Gasteiger partial charge in [0.1, 0.15) is 0 Å². The Labute approximate surface area is 105 Å². The van der Waals surface area contributed by atoms with Gasteiger partial charge in [-0.1, -0.05) is 13.3 Å². The van der Waals surface area contributed by atoms with Crippen molar-refractivity contribution in [1.82, 2.24) is 4.90 Å². The van der Waals surface area contributed by atoms with E-state index in [9.17, 15) is 0 Å². The van der Waals surface area contributed by atoms with Crippen LogP contribution in [0.2, 0.25) is 0 Å². The Balaban J connectivity index is 1.75. The molecule has 0 spiro atoms. The number of ether oxygens (including phenoxy) is 3. The van der Waals surface area contributed by atoms with Crippen LogP contribution in [0, 0.1) is 0 Å². The summed E-state index contributed by atoms with van der Waals surface area (Å²) >= 11 is 0. The van der Waals surface area contributed by atoms with Crippen LogP contribution in [0.3, 0.4) is 0 Å². The van der Waals surface area contributed by atoms with Crippen molar-refractivity contribution in [2.75, 3.05) is 59.3 Å². The smallest absolute Gasteiger partial charge is 0.0700 e. The van der Waals surface area contributed by atoms with Gasteiger partial charge in [-0.3, -0.25) is 4.90 Å². The Morgan fingerprint density at radius 3 is 2.24 bits per heavy atom. The predicted octanol–water partition coefficient (Wildman–Crippen LogP) is 1.54. The molecule has 102 valence electrons. The maximum absolute atomic E-state index is 5.52. The van der Waals surface area contributed by atoms with E-state index in [0.717, 1.165) is 72.1 Å². The molecular weight excluding hydrogens is 218 g/mol. The minimum absolute atomic E-state index is 0.729. The zero-order chi connectivity index (χ0) is 12.2. The van der Waals surface area contributed by atoms with E-state index in [1.165, 1.54) is 6.42 Å². The Hall–Kier alpha value is -0.160. The average Bonchev–Trinajstić information content (AvgIpc) is 2.38. The lowest BCUT2D eigenvalue weighted by molar-refractivity contribution is 0.0235. The normalized spacial score (nSPS) is 17.5. The molecule has 0 unspecified atom stereocenters. The van der Waals surface area contributed by atoms with E-state index in [1.54, 1.807) is 0 Å². The molecule has 1 heterocycles. The predicted molar refractivity (Wildman–Crippen MR) is 68.4 cm³/mol. The highest BCUT2D eigenvalue weighted by Crippen LogP contribution is 1.98. The van der Waals surface area contributed by atoms with Gasteiger partial charge in [0.05, 0.1) is 26.4 Å². The van der Waals surface area contributed by atoms with Gasteiger partial charge in [-0.15, -0.1) is 0 Å².